The van der Waals surface area contributed by atoms with Crippen LogP contribution in [0.1, 0.15) is 82.3 Å². The van der Waals surface area contributed by atoms with Crippen LogP contribution in [0.5, 0.6) is 5.75 Å². The number of unbranched alkanes of at least 4 members (excludes halogenated alkanes) is 2. The van der Waals surface area contributed by atoms with Crippen molar-refractivity contribution in [2.75, 3.05) is 6.61 Å². The van der Waals surface area contributed by atoms with Crippen LogP contribution in [0.2, 0.25) is 0 Å². The lowest BCUT2D eigenvalue weighted by Crippen LogP contribution is -2.53. The highest BCUT2D eigenvalue weighted by Gasteiger charge is 2.63. The zero-order valence-electron chi connectivity index (χ0n) is 18.6. The third-order valence-electron chi connectivity index (χ3n) is 8.71. The van der Waals surface area contributed by atoms with Crippen LogP contribution < -0.4 is 4.74 Å². The van der Waals surface area contributed by atoms with Gasteiger partial charge in [-0.2, -0.15) is 0 Å². The van der Waals surface area contributed by atoms with Gasteiger partial charge in [-0.3, -0.25) is 0 Å². The Balaban J connectivity index is 1.53. The third kappa shape index (κ3) is 3.43. The Labute approximate surface area is 181 Å². The van der Waals surface area contributed by atoms with Crippen LogP contribution in [0.15, 0.2) is 30.3 Å². The Kier molecular flexibility index (Phi) is 6.09. The fraction of sp³-hybridized carbons (Fsp3) is 0.680. The molecule has 3 aliphatic rings. The summed E-state index contributed by atoms with van der Waals surface area (Å²) in [5.41, 5.74) is 1.54. The molecular formula is C25H37BO4. The van der Waals surface area contributed by atoms with Crippen molar-refractivity contribution in [3.8, 4) is 5.75 Å². The molecule has 3 unspecified atom stereocenters. The normalized spacial score (nSPS) is 34.6. The minimum absolute atomic E-state index is 0.173. The van der Waals surface area contributed by atoms with Crippen molar-refractivity contribution in [1.29, 1.82) is 0 Å². The Morgan fingerprint density at radius 3 is 2.73 bits per heavy atom. The van der Waals surface area contributed by atoms with Crippen molar-refractivity contribution in [2.24, 2.45) is 17.3 Å². The van der Waals surface area contributed by atoms with Gasteiger partial charge in [-0.25, -0.2) is 0 Å². The zero-order valence-corrected chi connectivity index (χ0v) is 18.6. The molecule has 4 rings (SSSR count). The van der Waals surface area contributed by atoms with Gasteiger partial charge in [0, 0.05) is 5.41 Å². The standard InChI is InChI=1S/C25H37BO4/c1-4-5-6-15-30-19-8-10-20-18(16-19)7-9-22-21(20)11-13-24(3)23(22)12-14-25(24,27)17(2)26(28)29/h8,10,16,21-23,27-29H,2,4-7,9,11-15H2,1,3H3/t21?,22?,23?,24-,25+/m0/s1. The predicted molar refractivity (Wildman–Crippen MR) is 120 cm³/mol. The summed E-state index contributed by atoms with van der Waals surface area (Å²) < 4.78 is 5.98. The molecule has 4 nitrogen and oxygen atoms in total. The highest BCUT2D eigenvalue weighted by molar-refractivity contribution is 6.51. The average Bonchev–Trinajstić information content (AvgIpc) is 3.02. The molecule has 0 saturated heterocycles. The Hall–Kier alpha value is -1.30. The summed E-state index contributed by atoms with van der Waals surface area (Å²) >= 11 is 0. The molecule has 0 bridgehead atoms. The fourth-order valence-corrected chi connectivity index (χ4v) is 6.95. The maximum atomic E-state index is 11.5. The molecule has 0 heterocycles. The molecule has 1 aromatic carbocycles. The molecule has 164 valence electrons. The quantitative estimate of drug-likeness (QED) is 0.458. The molecular weight excluding hydrogens is 375 g/mol. The van der Waals surface area contributed by atoms with Gasteiger partial charge in [0.25, 0.3) is 0 Å². The Bertz CT molecular complexity index is 793. The minimum atomic E-state index is -1.66. The molecule has 0 aromatic heterocycles. The summed E-state index contributed by atoms with van der Waals surface area (Å²) in [6, 6.07) is 6.66. The van der Waals surface area contributed by atoms with E-state index in [0.717, 1.165) is 50.9 Å². The van der Waals surface area contributed by atoms with E-state index in [1.54, 1.807) is 0 Å². The van der Waals surface area contributed by atoms with Gasteiger partial charge in [0.05, 0.1) is 12.2 Å². The smallest absolute Gasteiger partial charge is 0.486 e. The van der Waals surface area contributed by atoms with Crippen LogP contribution in [0.3, 0.4) is 0 Å². The molecule has 30 heavy (non-hydrogen) atoms. The van der Waals surface area contributed by atoms with Crippen molar-refractivity contribution in [2.45, 2.75) is 83.2 Å². The van der Waals surface area contributed by atoms with E-state index in [9.17, 15) is 15.2 Å². The second kappa shape index (κ2) is 8.33. The third-order valence-corrected chi connectivity index (χ3v) is 8.71. The van der Waals surface area contributed by atoms with Crippen LogP contribution >= 0.6 is 0 Å². The summed E-state index contributed by atoms with van der Waals surface area (Å²) in [7, 11) is -1.66. The van der Waals surface area contributed by atoms with Crippen LogP contribution in [-0.2, 0) is 6.42 Å². The van der Waals surface area contributed by atoms with E-state index in [-0.39, 0.29) is 10.9 Å². The van der Waals surface area contributed by atoms with E-state index in [4.69, 9.17) is 4.74 Å². The molecule has 0 aliphatic heterocycles. The van der Waals surface area contributed by atoms with Crippen molar-refractivity contribution >= 4 is 7.12 Å². The van der Waals surface area contributed by atoms with E-state index in [0.29, 0.717) is 24.2 Å². The number of aliphatic hydroxyl groups is 1. The van der Waals surface area contributed by atoms with Crippen molar-refractivity contribution < 1.29 is 19.9 Å². The van der Waals surface area contributed by atoms with Crippen LogP contribution in [0.25, 0.3) is 0 Å². The van der Waals surface area contributed by atoms with Crippen molar-refractivity contribution in [3.63, 3.8) is 0 Å². The zero-order chi connectivity index (χ0) is 21.5. The molecule has 1 aromatic rings. The molecule has 2 fully saturated rings. The van der Waals surface area contributed by atoms with Gasteiger partial charge < -0.3 is 19.9 Å². The summed E-state index contributed by atoms with van der Waals surface area (Å²) in [4.78, 5) is 0. The lowest BCUT2D eigenvalue weighted by molar-refractivity contribution is -0.0756. The first-order chi connectivity index (χ1) is 14.3. The summed E-state index contributed by atoms with van der Waals surface area (Å²) in [5.74, 6) is 2.43. The van der Waals surface area contributed by atoms with Crippen LogP contribution in [0.4, 0.5) is 0 Å². The highest BCUT2D eigenvalue weighted by Crippen LogP contribution is 2.65. The maximum Gasteiger partial charge on any atom is 0.486 e. The highest BCUT2D eigenvalue weighted by atomic mass is 16.5. The number of hydrogen-bond donors (Lipinski definition) is 3. The Morgan fingerprint density at radius 2 is 2.00 bits per heavy atom. The largest absolute Gasteiger partial charge is 0.494 e. The molecule has 0 radical (unpaired) electrons. The second-order valence-corrected chi connectivity index (χ2v) is 10.1. The molecule has 5 heteroatoms. The first kappa shape index (κ1) is 21.9. The maximum absolute atomic E-state index is 11.5. The number of benzene rings is 1. The van der Waals surface area contributed by atoms with Gasteiger partial charge in [-0.1, -0.05) is 32.8 Å². The van der Waals surface area contributed by atoms with Gasteiger partial charge in [-0.05, 0) is 91.4 Å². The number of rotatable bonds is 7. The topological polar surface area (TPSA) is 69.9 Å². The van der Waals surface area contributed by atoms with Crippen molar-refractivity contribution in [3.05, 3.63) is 41.4 Å². The van der Waals surface area contributed by atoms with Crippen LogP contribution in [-0.4, -0.2) is 34.5 Å². The first-order valence-electron chi connectivity index (χ1n) is 11.8. The number of aryl methyl sites for hydroxylation is 1. The van der Waals surface area contributed by atoms with Crippen LogP contribution in [0, 0.1) is 17.3 Å². The number of ether oxygens (including phenoxy) is 1. The molecule has 2 saturated carbocycles. The summed E-state index contributed by atoms with van der Waals surface area (Å²) in [6.45, 7) is 9.01. The van der Waals surface area contributed by atoms with E-state index < -0.39 is 12.7 Å². The van der Waals surface area contributed by atoms with Gasteiger partial charge in [-0.15, -0.1) is 6.58 Å². The molecule has 3 N–H and O–H groups in total. The van der Waals surface area contributed by atoms with Gasteiger partial charge in [0.15, 0.2) is 0 Å². The van der Waals surface area contributed by atoms with Gasteiger partial charge in [0.2, 0.25) is 0 Å². The monoisotopic (exact) mass is 412 g/mol. The number of fused-ring (bicyclic) bond motifs is 5. The lowest BCUT2D eigenvalue weighted by atomic mass is 9.50. The van der Waals surface area contributed by atoms with E-state index in [2.05, 4.69) is 38.6 Å². The van der Waals surface area contributed by atoms with E-state index in [1.807, 2.05) is 0 Å². The predicted octanol–water partition coefficient (Wildman–Crippen LogP) is 4.41. The molecule has 0 spiro atoms. The average molecular weight is 412 g/mol. The fourth-order valence-electron chi connectivity index (χ4n) is 6.95. The number of hydrogen-bond acceptors (Lipinski definition) is 4. The Morgan fingerprint density at radius 1 is 1.20 bits per heavy atom. The SMILES string of the molecule is C=C(B(O)O)[C@]1(O)CCC2C3CCc4cc(OCCCCC)ccc4C3CC[C@@]21C. The molecule has 5 atom stereocenters. The summed E-state index contributed by atoms with van der Waals surface area (Å²) in [5, 5.41) is 30.9. The van der Waals surface area contributed by atoms with Crippen molar-refractivity contribution in [1.82, 2.24) is 0 Å². The van der Waals surface area contributed by atoms with Gasteiger partial charge in [0.1, 0.15) is 5.75 Å². The molecule has 0 amide bonds. The van der Waals surface area contributed by atoms with Gasteiger partial charge >= 0.3 is 7.12 Å². The summed E-state index contributed by atoms with van der Waals surface area (Å²) in [6.07, 6.45) is 9.11. The minimum Gasteiger partial charge on any atom is -0.494 e. The first-order valence-corrected chi connectivity index (χ1v) is 11.8. The lowest BCUT2D eigenvalue weighted by Gasteiger charge is -2.53. The van der Waals surface area contributed by atoms with E-state index >= 15 is 0 Å². The van der Waals surface area contributed by atoms with E-state index in [1.165, 1.54) is 24.0 Å². The molecule has 3 aliphatic carbocycles. The second-order valence-electron chi connectivity index (χ2n) is 10.1.